The first-order valence-electron chi connectivity index (χ1n) is 5.75. The lowest BCUT2D eigenvalue weighted by molar-refractivity contribution is 0.102. The van der Waals surface area contributed by atoms with Gasteiger partial charge in [0, 0.05) is 0 Å². The molecule has 0 bridgehead atoms. The maximum atomic E-state index is 12.0. The molecule has 0 unspecified atom stereocenters. The van der Waals surface area contributed by atoms with E-state index in [4.69, 9.17) is 4.74 Å². The molecule has 18 heavy (non-hydrogen) atoms. The maximum Gasteiger partial charge on any atom is 0.274 e. The molecule has 5 heteroatoms. The molecule has 1 aromatic heterocycles. The molecule has 2 N–H and O–H groups in total. The summed E-state index contributed by atoms with van der Waals surface area (Å²) < 4.78 is 5.44. The predicted octanol–water partition coefficient (Wildman–Crippen LogP) is 2.37. The van der Waals surface area contributed by atoms with Gasteiger partial charge in [0.15, 0.2) is 0 Å². The number of nitrogens with one attached hydrogen (secondary N) is 2. The molecule has 0 aliphatic heterocycles. The summed E-state index contributed by atoms with van der Waals surface area (Å²) in [7, 11) is 0. The Morgan fingerprint density at radius 1 is 1.44 bits per heavy atom. The van der Waals surface area contributed by atoms with Crippen molar-refractivity contribution in [1.82, 2.24) is 10.2 Å². The third-order valence-electron chi connectivity index (χ3n) is 2.49. The topological polar surface area (TPSA) is 67.0 Å². The van der Waals surface area contributed by atoms with Gasteiger partial charge in [-0.25, -0.2) is 0 Å². The lowest BCUT2D eigenvalue weighted by Gasteiger charge is -2.10. The number of ether oxygens (including phenoxy) is 1. The molecule has 1 amide bonds. The zero-order valence-corrected chi connectivity index (χ0v) is 10.4. The quantitative estimate of drug-likeness (QED) is 0.869. The first-order valence-corrected chi connectivity index (χ1v) is 5.75. The van der Waals surface area contributed by atoms with Gasteiger partial charge >= 0.3 is 0 Å². The number of rotatable bonds is 4. The van der Waals surface area contributed by atoms with Crippen molar-refractivity contribution in [3.05, 3.63) is 41.7 Å². The number of aromatic nitrogens is 2. The summed E-state index contributed by atoms with van der Waals surface area (Å²) >= 11 is 0. The lowest BCUT2D eigenvalue weighted by Crippen LogP contribution is -2.14. The van der Waals surface area contributed by atoms with Crippen LogP contribution < -0.4 is 10.1 Å². The fraction of sp³-hybridized carbons (Fsp3) is 0.231. The Bertz CT molecular complexity index is 549. The van der Waals surface area contributed by atoms with Gasteiger partial charge in [0.1, 0.15) is 11.4 Å². The number of benzene rings is 1. The molecule has 2 rings (SSSR count). The number of amides is 1. The number of carbonyl (C=O) groups is 1. The van der Waals surface area contributed by atoms with E-state index in [0.717, 1.165) is 5.56 Å². The molecule has 0 atom stereocenters. The number of para-hydroxylation sites is 2. The van der Waals surface area contributed by atoms with Crippen molar-refractivity contribution in [3.63, 3.8) is 0 Å². The van der Waals surface area contributed by atoms with E-state index in [1.54, 1.807) is 12.3 Å². The molecular formula is C13H15N3O2. The van der Waals surface area contributed by atoms with Crippen LogP contribution in [0.4, 0.5) is 5.69 Å². The van der Waals surface area contributed by atoms with Gasteiger partial charge < -0.3 is 10.1 Å². The summed E-state index contributed by atoms with van der Waals surface area (Å²) in [6.07, 6.45) is 1.61. The number of aryl methyl sites for hydroxylation is 1. The van der Waals surface area contributed by atoms with E-state index < -0.39 is 0 Å². The predicted molar refractivity (Wildman–Crippen MR) is 68.9 cm³/mol. The molecule has 1 heterocycles. The monoisotopic (exact) mass is 245 g/mol. The van der Waals surface area contributed by atoms with Crippen LogP contribution in [-0.2, 0) is 0 Å². The Morgan fingerprint density at radius 2 is 2.22 bits per heavy atom. The maximum absolute atomic E-state index is 12.0. The van der Waals surface area contributed by atoms with Crippen LogP contribution in [0.25, 0.3) is 0 Å². The second kappa shape index (κ2) is 5.35. The minimum atomic E-state index is -0.225. The fourth-order valence-corrected chi connectivity index (χ4v) is 1.61. The normalized spacial score (nSPS) is 10.1. The molecule has 1 aromatic carbocycles. The molecule has 0 saturated carbocycles. The van der Waals surface area contributed by atoms with Crippen LogP contribution >= 0.6 is 0 Å². The highest BCUT2D eigenvalue weighted by Crippen LogP contribution is 2.24. The zero-order valence-electron chi connectivity index (χ0n) is 10.4. The third kappa shape index (κ3) is 2.51. The van der Waals surface area contributed by atoms with Crippen LogP contribution in [0.3, 0.4) is 0 Å². The first kappa shape index (κ1) is 12.2. The second-order valence-electron chi connectivity index (χ2n) is 3.81. The summed E-state index contributed by atoms with van der Waals surface area (Å²) in [4.78, 5) is 12.0. The van der Waals surface area contributed by atoms with E-state index >= 15 is 0 Å². The highest BCUT2D eigenvalue weighted by atomic mass is 16.5. The zero-order chi connectivity index (χ0) is 13.0. The summed E-state index contributed by atoms with van der Waals surface area (Å²) in [5.41, 5.74) is 1.92. The van der Waals surface area contributed by atoms with Gasteiger partial charge in [0.25, 0.3) is 5.91 Å². The highest BCUT2D eigenvalue weighted by Gasteiger charge is 2.13. The minimum Gasteiger partial charge on any atom is -0.492 e. The Kier molecular flexibility index (Phi) is 3.62. The SMILES string of the molecule is CCOc1ccccc1NC(=O)c1[nH]ncc1C. The molecule has 0 aliphatic rings. The smallest absolute Gasteiger partial charge is 0.274 e. The highest BCUT2D eigenvalue weighted by molar-refractivity contribution is 6.04. The number of hydrogen-bond acceptors (Lipinski definition) is 3. The van der Waals surface area contributed by atoms with Gasteiger partial charge in [-0.15, -0.1) is 0 Å². The third-order valence-corrected chi connectivity index (χ3v) is 2.49. The Hall–Kier alpha value is -2.30. The van der Waals surface area contributed by atoms with Gasteiger partial charge in [-0.3, -0.25) is 9.89 Å². The average molecular weight is 245 g/mol. The van der Waals surface area contributed by atoms with Gasteiger partial charge in [-0.2, -0.15) is 5.10 Å². The fourth-order valence-electron chi connectivity index (χ4n) is 1.61. The molecule has 94 valence electrons. The Morgan fingerprint density at radius 3 is 2.89 bits per heavy atom. The van der Waals surface area contributed by atoms with Crippen molar-refractivity contribution >= 4 is 11.6 Å². The standard InChI is InChI=1S/C13H15N3O2/c1-3-18-11-7-5-4-6-10(11)15-13(17)12-9(2)8-14-16-12/h4-8H,3H2,1-2H3,(H,14,16)(H,15,17). The van der Waals surface area contributed by atoms with Crippen LogP contribution in [0.15, 0.2) is 30.5 Å². The molecule has 2 aromatic rings. The number of nitrogens with zero attached hydrogens (tertiary/aromatic N) is 1. The van der Waals surface area contributed by atoms with Crippen molar-refractivity contribution in [2.75, 3.05) is 11.9 Å². The molecule has 5 nitrogen and oxygen atoms in total. The molecule has 0 spiro atoms. The van der Waals surface area contributed by atoms with Crippen molar-refractivity contribution in [1.29, 1.82) is 0 Å². The largest absolute Gasteiger partial charge is 0.492 e. The number of hydrogen-bond donors (Lipinski definition) is 2. The van der Waals surface area contributed by atoms with Gasteiger partial charge in [-0.05, 0) is 31.5 Å². The Labute approximate surface area is 105 Å². The first-order chi connectivity index (χ1) is 8.72. The van der Waals surface area contributed by atoms with E-state index in [2.05, 4.69) is 15.5 Å². The van der Waals surface area contributed by atoms with Crippen LogP contribution in [0.5, 0.6) is 5.75 Å². The van der Waals surface area contributed by atoms with Crippen LogP contribution in [0, 0.1) is 6.92 Å². The molecular weight excluding hydrogens is 230 g/mol. The van der Waals surface area contributed by atoms with Crippen molar-refractivity contribution in [2.24, 2.45) is 0 Å². The van der Waals surface area contributed by atoms with Crippen LogP contribution in [-0.4, -0.2) is 22.7 Å². The van der Waals surface area contributed by atoms with Crippen molar-refractivity contribution in [2.45, 2.75) is 13.8 Å². The second-order valence-corrected chi connectivity index (χ2v) is 3.81. The minimum absolute atomic E-state index is 0.225. The van der Waals surface area contributed by atoms with Crippen molar-refractivity contribution in [3.8, 4) is 5.75 Å². The van der Waals surface area contributed by atoms with Gasteiger partial charge in [-0.1, -0.05) is 12.1 Å². The van der Waals surface area contributed by atoms with Crippen LogP contribution in [0.2, 0.25) is 0 Å². The van der Waals surface area contributed by atoms with Gasteiger partial charge in [0.2, 0.25) is 0 Å². The van der Waals surface area contributed by atoms with E-state index in [1.807, 2.05) is 32.0 Å². The summed E-state index contributed by atoms with van der Waals surface area (Å²) in [6, 6.07) is 7.33. The van der Waals surface area contributed by atoms with E-state index in [1.165, 1.54) is 0 Å². The number of aromatic amines is 1. The summed E-state index contributed by atoms with van der Waals surface area (Å²) in [5.74, 6) is 0.433. The summed E-state index contributed by atoms with van der Waals surface area (Å²) in [5, 5.41) is 9.30. The lowest BCUT2D eigenvalue weighted by atomic mass is 10.2. The summed E-state index contributed by atoms with van der Waals surface area (Å²) in [6.45, 7) is 4.28. The van der Waals surface area contributed by atoms with E-state index in [-0.39, 0.29) is 5.91 Å². The number of anilines is 1. The molecule has 0 radical (unpaired) electrons. The Balaban J connectivity index is 2.19. The number of H-pyrrole nitrogens is 1. The molecule has 0 fully saturated rings. The van der Waals surface area contributed by atoms with Gasteiger partial charge in [0.05, 0.1) is 18.5 Å². The average Bonchev–Trinajstić information content (AvgIpc) is 2.78. The van der Waals surface area contributed by atoms with E-state index in [0.29, 0.717) is 23.7 Å². The van der Waals surface area contributed by atoms with E-state index in [9.17, 15) is 4.79 Å². The number of carbonyl (C=O) groups excluding carboxylic acids is 1. The molecule has 0 aliphatic carbocycles. The van der Waals surface area contributed by atoms with Crippen LogP contribution in [0.1, 0.15) is 23.0 Å². The van der Waals surface area contributed by atoms with Crippen molar-refractivity contribution < 1.29 is 9.53 Å². The molecule has 0 saturated heterocycles.